The SMILES string of the molecule is COc1nc(-c2cccc(-c3cccc(NC(=O)C4CN(C)C(=O)N(C)C4=O)c3Cl)c2Cl)cnc1CN1CC2(CCNC2=O)C1. The Bertz CT molecular complexity index is 1730. The molecule has 3 aliphatic rings. The highest BCUT2D eigenvalue weighted by Gasteiger charge is 2.51. The van der Waals surface area contributed by atoms with Gasteiger partial charge in [0.1, 0.15) is 11.6 Å². The average molecular weight is 653 g/mol. The zero-order valence-electron chi connectivity index (χ0n) is 24.9. The lowest BCUT2D eigenvalue weighted by molar-refractivity contribution is -0.140. The molecule has 3 aliphatic heterocycles. The molecule has 2 N–H and O–H groups in total. The molecule has 5 amide bonds. The standard InChI is InChI=1S/C31H31Cl2N7O5/c1-38-13-20(28(42)39(2)30(38)44)26(41)36-21-9-5-7-18(25(21)33)17-6-4-8-19(24(17)32)22-12-35-23(27(37-22)45-3)14-40-15-31(16-40)10-11-34-29(31)43/h4-9,12,20H,10-11,13-16H2,1-3H3,(H,34,43)(H,36,41). The number of carbonyl (C=O) groups is 4. The van der Waals surface area contributed by atoms with E-state index in [4.69, 9.17) is 32.9 Å². The van der Waals surface area contributed by atoms with E-state index in [1.54, 1.807) is 30.5 Å². The molecule has 1 atom stereocenters. The molecule has 1 spiro atoms. The third kappa shape index (κ3) is 5.47. The molecule has 0 saturated carbocycles. The fourth-order valence-electron chi connectivity index (χ4n) is 6.15. The molecule has 1 aromatic heterocycles. The predicted molar refractivity (Wildman–Crippen MR) is 168 cm³/mol. The molecule has 6 rings (SSSR count). The monoisotopic (exact) mass is 651 g/mol. The normalized spacial score (nSPS) is 19.5. The van der Waals surface area contributed by atoms with E-state index in [1.807, 2.05) is 12.1 Å². The van der Waals surface area contributed by atoms with E-state index in [9.17, 15) is 19.2 Å². The van der Waals surface area contributed by atoms with Crippen LogP contribution in [-0.2, 0) is 20.9 Å². The molecular formula is C31H31Cl2N7O5. The van der Waals surface area contributed by atoms with Gasteiger partial charge in [0.05, 0.1) is 40.1 Å². The van der Waals surface area contributed by atoms with E-state index >= 15 is 0 Å². The molecule has 0 radical (unpaired) electrons. The minimum Gasteiger partial charge on any atom is -0.480 e. The van der Waals surface area contributed by atoms with Crippen molar-refractivity contribution in [1.82, 2.24) is 30.0 Å². The van der Waals surface area contributed by atoms with Crippen molar-refractivity contribution in [2.45, 2.75) is 13.0 Å². The van der Waals surface area contributed by atoms with E-state index in [2.05, 4.69) is 20.5 Å². The number of hydrogen-bond donors (Lipinski definition) is 2. The van der Waals surface area contributed by atoms with Crippen LogP contribution in [0.3, 0.4) is 0 Å². The van der Waals surface area contributed by atoms with Crippen molar-refractivity contribution in [3.05, 3.63) is 58.3 Å². The number of halogens is 2. The fourth-order valence-corrected chi connectivity index (χ4v) is 6.75. The third-order valence-electron chi connectivity index (χ3n) is 8.64. The molecule has 12 nitrogen and oxygen atoms in total. The van der Waals surface area contributed by atoms with Crippen molar-refractivity contribution in [2.75, 3.05) is 52.7 Å². The molecule has 3 saturated heterocycles. The highest BCUT2D eigenvalue weighted by molar-refractivity contribution is 6.39. The number of hydrogen-bond acceptors (Lipinski definition) is 8. The Kier molecular flexibility index (Phi) is 8.14. The van der Waals surface area contributed by atoms with Crippen molar-refractivity contribution in [1.29, 1.82) is 0 Å². The van der Waals surface area contributed by atoms with Gasteiger partial charge in [-0.15, -0.1) is 0 Å². The van der Waals surface area contributed by atoms with Crippen LogP contribution < -0.4 is 15.4 Å². The topological polar surface area (TPSA) is 137 Å². The summed E-state index contributed by atoms with van der Waals surface area (Å²) in [6.07, 6.45) is 2.48. The van der Waals surface area contributed by atoms with Gasteiger partial charge in [0.15, 0.2) is 0 Å². The maximum absolute atomic E-state index is 13.1. The Balaban J connectivity index is 1.22. The number of imide groups is 1. The molecule has 0 bridgehead atoms. The summed E-state index contributed by atoms with van der Waals surface area (Å²) in [5, 5.41) is 6.26. The van der Waals surface area contributed by atoms with Gasteiger partial charge in [0, 0.05) is 63.5 Å². The first-order chi connectivity index (χ1) is 21.5. The summed E-state index contributed by atoms with van der Waals surface area (Å²) in [6, 6.07) is 10.1. The summed E-state index contributed by atoms with van der Waals surface area (Å²) >= 11 is 13.7. The second-order valence-corrected chi connectivity index (χ2v) is 12.3. The number of anilines is 1. The number of likely N-dealkylation sites (tertiary alicyclic amines) is 1. The van der Waals surface area contributed by atoms with Crippen LogP contribution >= 0.6 is 23.2 Å². The number of amides is 5. The summed E-state index contributed by atoms with van der Waals surface area (Å²) in [6.45, 7) is 2.52. The van der Waals surface area contributed by atoms with Crippen molar-refractivity contribution in [2.24, 2.45) is 11.3 Å². The van der Waals surface area contributed by atoms with Crippen LogP contribution in [0.15, 0.2) is 42.6 Å². The molecule has 0 aliphatic carbocycles. The summed E-state index contributed by atoms with van der Waals surface area (Å²) < 4.78 is 5.59. The summed E-state index contributed by atoms with van der Waals surface area (Å²) in [7, 11) is 4.40. The van der Waals surface area contributed by atoms with Gasteiger partial charge in [0.2, 0.25) is 23.6 Å². The number of carbonyl (C=O) groups excluding carboxylic acids is 4. The van der Waals surface area contributed by atoms with Crippen LogP contribution in [0.4, 0.5) is 10.5 Å². The van der Waals surface area contributed by atoms with Crippen LogP contribution in [0.25, 0.3) is 22.4 Å². The maximum Gasteiger partial charge on any atom is 0.326 e. The average Bonchev–Trinajstić information content (AvgIpc) is 3.40. The zero-order valence-corrected chi connectivity index (χ0v) is 26.4. The largest absolute Gasteiger partial charge is 0.480 e. The maximum atomic E-state index is 13.1. The molecule has 4 heterocycles. The smallest absolute Gasteiger partial charge is 0.326 e. The van der Waals surface area contributed by atoms with Gasteiger partial charge in [-0.2, -0.15) is 0 Å². The fraction of sp³-hybridized carbons (Fsp3) is 0.355. The minimum absolute atomic E-state index is 0.0434. The lowest BCUT2D eigenvalue weighted by Gasteiger charge is -2.45. The second kappa shape index (κ2) is 11.9. The second-order valence-electron chi connectivity index (χ2n) is 11.6. The highest BCUT2D eigenvalue weighted by Crippen LogP contribution is 2.42. The van der Waals surface area contributed by atoms with Crippen LogP contribution in [0.2, 0.25) is 10.0 Å². The molecule has 1 unspecified atom stereocenters. The van der Waals surface area contributed by atoms with Gasteiger partial charge in [-0.25, -0.2) is 9.78 Å². The van der Waals surface area contributed by atoms with Crippen molar-refractivity contribution in [3.8, 4) is 28.3 Å². The summed E-state index contributed by atoms with van der Waals surface area (Å²) in [4.78, 5) is 63.8. The first-order valence-electron chi connectivity index (χ1n) is 14.3. The molecule has 3 fully saturated rings. The Morgan fingerprint density at radius 1 is 1.07 bits per heavy atom. The van der Waals surface area contributed by atoms with Gasteiger partial charge < -0.3 is 20.3 Å². The number of rotatable bonds is 7. The quantitative estimate of drug-likeness (QED) is 0.370. The Hall–Kier alpha value is -4.26. The van der Waals surface area contributed by atoms with E-state index in [0.29, 0.717) is 64.3 Å². The summed E-state index contributed by atoms with van der Waals surface area (Å²) in [5.74, 6) is -1.76. The Morgan fingerprint density at radius 2 is 1.76 bits per heavy atom. The molecular weight excluding hydrogens is 621 g/mol. The van der Waals surface area contributed by atoms with Crippen molar-refractivity contribution >= 4 is 52.6 Å². The summed E-state index contributed by atoms with van der Waals surface area (Å²) in [5.41, 5.74) is 2.91. The minimum atomic E-state index is -1.08. The lowest BCUT2D eigenvalue weighted by atomic mass is 9.78. The lowest BCUT2D eigenvalue weighted by Crippen LogP contribution is -2.59. The van der Waals surface area contributed by atoms with Gasteiger partial charge in [-0.05, 0) is 12.5 Å². The van der Waals surface area contributed by atoms with Crippen LogP contribution in [-0.4, -0.2) is 95.8 Å². The number of benzene rings is 2. The van der Waals surface area contributed by atoms with Crippen molar-refractivity contribution < 1.29 is 23.9 Å². The first-order valence-corrected chi connectivity index (χ1v) is 15.1. The van der Waals surface area contributed by atoms with Gasteiger partial charge in [0.25, 0.3) is 0 Å². The molecule has 2 aromatic carbocycles. The third-order valence-corrected chi connectivity index (χ3v) is 9.45. The number of ether oxygens (including phenoxy) is 1. The number of methoxy groups -OCH3 is 1. The van der Waals surface area contributed by atoms with Gasteiger partial charge in [-0.1, -0.05) is 53.5 Å². The zero-order chi connectivity index (χ0) is 32.0. The van der Waals surface area contributed by atoms with Crippen LogP contribution in [0.1, 0.15) is 12.1 Å². The molecule has 3 aromatic rings. The van der Waals surface area contributed by atoms with Gasteiger partial charge in [-0.3, -0.25) is 29.2 Å². The number of aromatic nitrogens is 2. The molecule has 45 heavy (non-hydrogen) atoms. The number of nitrogens with zero attached hydrogens (tertiary/aromatic N) is 5. The van der Waals surface area contributed by atoms with E-state index in [1.165, 1.54) is 26.1 Å². The van der Waals surface area contributed by atoms with Crippen LogP contribution in [0, 0.1) is 11.3 Å². The van der Waals surface area contributed by atoms with Crippen molar-refractivity contribution in [3.63, 3.8) is 0 Å². The first kappa shape index (κ1) is 30.8. The molecule has 234 valence electrons. The van der Waals surface area contributed by atoms with Gasteiger partial charge >= 0.3 is 6.03 Å². The number of nitrogens with one attached hydrogen (secondary N) is 2. The van der Waals surface area contributed by atoms with E-state index in [-0.39, 0.29) is 22.9 Å². The Labute approximate surface area is 269 Å². The molecule has 14 heteroatoms. The number of urea groups is 1. The predicted octanol–water partition coefficient (Wildman–Crippen LogP) is 3.53. The van der Waals surface area contributed by atoms with E-state index in [0.717, 1.165) is 17.9 Å². The van der Waals surface area contributed by atoms with E-state index < -0.39 is 23.8 Å². The van der Waals surface area contributed by atoms with Crippen LogP contribution in [0.5, 0.6) is 5.88 Å². The Morgan fingerprint density at radius 3 is 2.44 bits per heavy atom. The highest BCUT2D eigenvalue weighted by atomic mass is 35.5.